The molecule has 4 nitrogen and oxygen atoms in total. The van der Waals surface area contributed by atoms with Crippen LogP contribution in [0.5, 0.6) is 0 Å². The first kappa shape index (κ1) is 12.1. The number of nitrogens with zero attached hydrogens (tertiary/aromatic N) is 3. The van der Waals surface area contributed by atoms with Crippen molar-refractivity contribution in [3.8, 4) is 0 Å². The normalized spacial score (nSPS) is 15.1. The summed E-state index contributed by atoms with van der Waals surface area (Å²) in [6.07, 6.45) is 5.68. The Balaban J connectivity index is 1.73. The molecule has 0 spiro atoms. The van der Waals surface area contributed by atoms with Gasteiger partial charge in [0, 0.05) is 25.0 Å². The molecule has 100 valence electrons. The largest absolute Gasteiger partial charge is 0.382 e. The second kappa shape index (κ2) is 5.34. The van der Waals surface area contributed by atoms with E-state index in [1.807, 2.05) is 16.9 Å². The van der Waals surface area contributed by atoms with E-state index in [0.717, 1.165) is 19.6 Å². The number of aryl methyl sites for hydroxylation is 1. The zero-order valence-electron chi connectivity index (χ0n) is 11.1. The SMILES string of the molecule is Nc1ccn(CCN2CCCCc3ccccc32)n1. The minimum absolute atomic E-state index is 0.594. The molecule has 0 radical (unpaired) electrons. The third-order valence-electron chi connectivity index (χ3n) is 3.72. The van der Waals surface area contributed by atoms with Crippen molar-refractivity contribution in [2.45, 2.75) is 25.8 Å². The van der Waals surface area contributed by atoms with E-state index in [1.54, 1.807) is 0 Å². The number of nitrogens with two attached hydrogens (primary N) is 1. The molecule has 0 amide bonds. The molecule has 2 N–H and O–H groups in total. The van der Waals surface area contributed by atoms with Gasteiger partial charge in [-0.05, 0) is 37.0 Å². The number of nitrogen functional groups attached to an aromatic ring is 1. The zero-order valence-corrected chi connectivity index (χ0v) is 11.1. The molecule has 2 aromatic rings. The first-order valence-electron chi connectivity index (χ1n) is 6.95. The van der Waals surface area contributed by atoms with Gasteiger partial charge in [-0.25, -0.2) is 0 Å². The quantitative estimate of drug-likeness (QED) is 0.916. The van der Waals surface area contributed by atoms with E-state index in [2.05, 4.69) is 34.3 Å². The molecule has 0 atom stereocenters. The summed E-state index contributed by atoms with van der Waals surface area (Å²) in [7, 11) is 0. The minimum atomic E-state index is 0.594. The molecule has 0 bridgehead atoms. The third kappa shape index (κ3) is 2.72. The summed E-state index contributed by atoms with van der Waals surface area (Å²) in [6.45, 7) is 3.00. The van der Waals surface area contributed by atoms with E-state index in [1.165, 1.54) is 30.5 Å². The van der Waals surface area contributed by atoms with Crippen molar-refractivity contribution in [3.63, 3.8) is 0 Å². The standard InChI is InChI=1S/C15H20N4/c16-15-8-10-19(17-15)12-11-18-9-4-3-6-13-5-1-2-7-14(13)18/h1-2,5,7-8,10H,3-4,6,9,11-12H2,(H2,16,17). The van der Waals surface area contributed by atoms with E-state index < -0.39 is 0 Å². The molecule has 19 heavy (non-hydrogen) atoms. The number of anilines is 2. The fourth-order valence-corrected chi connectivity index (χ4v) is 2.73. The van der Waals surface area contributed by atoms with Crippen molar-refractivity contribution >= 4 is 11.5 Å². The summed E-state index contributed by atoms with van der Waals surface area (Å²) in [4.78, 5) is 2.47. The number of fused-ring (bicyclic) bond motifs is 1. The molecule has 0 aliphatic carbocycles. The number of benzene rings is 1. The summed E-state index contributed by atoms with van der Waals surface area (Å²) in [6, 6.07) is 10.6. The maximum Gasteiger partial charge on any atom is 0.145 e. The molecule has 0 unspecified atom stereocenters. The van der Waals surface area contributed by atoms with Gasteiger partial charge < -0.3 is 10.6 Å². The van der Waals surface area contributed by atoms with Crippen LogP contribution >= 0.6 is 0 Å². The van der Waals surface area contributed by atoms with Crippen molar-refractivity contribution in [2.75, 3.05) is 23.7 Å². The van der Waals surface area contributed by atoms with Gasteiger partial charge >= 0.3 is 0 Å². The lowest BCUT2D eigenvalue weighted by Crippen LogP contribution is -2.28. The second-order valence-electron chi connectivity index (χ2n) is 5.08. The molecular weight excluding hydrogens is 236 g/mol. The minimum Gasteiger partial charge on any atom is -0.382 e. The van der Waals surface area contributed by atoms with Crippen molar-refractivity contribution < 1.29 is 0 Å². The summed E-state index contributed by atoms with van der Waals surface area (Å²) >= 11 is 0. The Morgan fingerprint density at radius 1 is 1.11 bits per heavy atom. The summed E-state index contributed by atoms with van der Waals surface area (Å²) in [5.41, 5.74) is 8.50. The molecule has 0 saturated heterocycles. The molecular formula is C15H20N4. The summed E-state index contributed by atoms with van der Waals surface area (Å²) in [5, 5.41) is 4.24. The van der Waals surface area contributed by atoms with Crippen LogP contribution in [0.3, 0.4) is 0 Å². The van der Waals surface area contributed by atoms with Crippen molar-refractivity contribution in [1.29, 1.82) is 0 Å². The smallest absolute Gasteiger partial charge is 0.145 e. The van der Waals surface area contributed by atoms with Crippen LogP contribution in [0.4, 0.5) is 11.5 Å². The highest BCUT2D eigenvalue weighted by molar-refractivity contribution is 5.54. The van der Waals surface area contributed by atoms with Gasteiger partial charge in [0.1, 0.15) is 5.82 Å². The van der Waals surface area contributed by atoms with Gasteiger partial charge in [-0.1, -0.05) is 18.2 Å². The monoisotopic (exact) mass is 256 g/mol. The summed E-state index contributed by atoms with van der Waals surface area (Å²) in [5.74, 6) is 0.594. The van der Waals surface area contributed by atoms with Gasteiger partial charge in [-0.15, -0.1) is 0 Å². The lowest BCUT2D eigenvalue weighted by Gasteiger charge is -2.24. The van der Waals surface area contributed by atoms with Gasteiger partial charge in [0.05, 0.1) is 6.54 Å². The molecule has 2 heterocycles. The summed E-state index contributed by atoms with van der Waals surface area (Å²) < 4.78 is 1.92. The van der Waals surface area contributed by atoms with Gasteiger partial charge in [0.2, 0.25) is 0 Å². The highest BCUT2D eigenvalue weighted by Gasteiger charge is 2.14. The van der Waals surface area contributed by atoms with Crippen LogP contribution in [-0.2, 0) is 13.0 Å². The second-order valence-corrected chi connectivity index (χ2v) is 5.08. The van der Waals surface area contributed by atoms with Gasteiger partial charge in [0.15, 0.2) is 0 Å². The highest BCUT2D eigenvalue weighted by Crippen LogP contribution is 2.25. The van der Waals surface area contributed by atoms with Crippen LogP contribution < -0.4 is 10.6 Å². The van der Waals surface area contributed by atoms with E-state index in [0.29, 0.717) is 5.82 Å². The number of hydrogen-bond acceptors (Lipinski definition) is 3. The molecule has 1 aliphatic rings. The zero-order chi connectivity index (χ0) is 13.1. The molecule has 3 rings (SSSR count). The molecule has 0 saturated carbocycles. The topological polar surface area (TPSA) is 47.1 Å². The Bertz CT molecular complexity index is 547. The van der Waals surface area contributed by atoms with Crippen LogP contribution in [0.2, 0.25) is 0 Å². The fraction of sp³-hybridized carbons (Fsp3) is 0.400. The Morgan fingerprint density at radius 2 is 2.00 bits per heavy atom. The first-order chi connectivity index (χ1) is 9.33. The third-order valence-corrected chi connectivity index (χ3v) is 3.72. The van der Waals surface area contributed by atoms with Crippen molar-refractivity contribution in [1.82, 2.24) is 9.78 Å². The lowest BCUT2D eigenvalue weighted by molar-refractivity contribution is 0.591. The first-order valence-corrected chi connectivity index (χ1v) is 6.95. The number of hydrogen-bond donors (Lipinski definition) is 1. The Morgan fingerprint density at radius 3 is 2.84 bits per heavy atom. The predicted octanol–water partition coefficient (Wildman–Crippen LogP) is 2.31. The predicted molar refractivity (Wildman–Crippen MR) is 78.2 cm³/mol. The maximum atomic E-state index is 5.64. The Kier molecular flexibility index (Phi) is 3.40. The maximum absolute atomic E-state index is 5.64. The van der Waals surface area contributed by atoms with Crippen molar-refractivity contribution in [2.24, 2.45) is 0 Å². The lowest BCUT2D eigenvalue weighted by atomic mass is 10.1. The van der Waals surface area contributed by atoms with E-state index in [9.17, 15) is 0 Å². The van der Waals surface area contributed by atoms with Crippen LogP contribution in [-0.4, -0.2) is 22.9 Å². The molecule has 1 aromatic heterocycles. The Hall–Kier alpha value is -1.97. The highest BCUT2D eigenvalue weighted by atomic mass is 15.3. The average molecular weight is 256 g/mol. The van der Waals surface area contributed by atoms with E-state index in [4.69, 9.17) is 5.73 Å². The van der Waals surface area contributed by atoms with Gasteiger partial charge in [-0.2, -0.15) is 5.10 Å². The van der Waals surface area contributed by atoms with Gasteiger partial charge in [0.25, 0.3) is 0 Å². The van der Waals surface area contributed by atoms with E-state index >= 15 is 0 Å². The van der Waals surface area contributed by atoms with Crippen LogP contribution in [0.25, 0.3) is 0 Å². The number of para-hydroxylation sites is 1. The molecule has 4 heteroatoms. The molecule has 1 aromatic carbocycles. The van der Waals surface area contributed by atoms with Crippen LogP contribution in [0.15, 0.2) is 36.5 Å². The fourth-order valence-electron chi connectivity index (χ4n) is 2.73. The van der Waals surface area contributed by atoms with E-state index in [-0.39, 0.29) is 0 Å². The number of aromatic nitrogens is 2. The van der Waals surface area contributed by atoms with Crippen LogP contribution in [0.1, 0.15) is 18.4 Å². The van der Waals surface area contributed by atoms with Crippen molar-refractivity contribution in [3.05, 3.63) is 42.1 Å². The molecule has 0 fully saturated rings. The number of rotatable bonds is 3. The molecule has 1 aliphatic heterocycles. The van der Waals surface area contributed by atoms with Crippen LogP contribution in [0, 0.1) is 0 Å². The van der Waals surface area contributed by atoms with Gasteiger partial charge in [-0.3, -0.25) is 4.68 Å². The average Bonchev–Trinajstić information content (AvgIpc) is 2.73. The Labute approximate surface area is 113 Å².